The van der Waals surface area contributed by atoms with Gasteiger partial charge in [-0.25, -0.2) is 4.57 Å². The number of unbranched alkanes of at least 4 members (excludes halogenated alkanes) is 20. The maximum atomic E-state index is 12.5. The normalized spacial score (nSPS) is 13.8. The van der Waals surface area contributed by atoms with Gasteiger partial charge >= 0.3 is 19.8 Å². The number of hydrogen-bond acceptors (Lipinski definition) is 8. The van der Waals surface area contributed by atoms with Crippen molar-refractivity contribution in [2.75, 3.05) is 26.4 Å². The Morgan fingerprint density at radius 1 is 0.508 bits per heavy atom. The van der Waals surface area contributed by atoms with Crippen LogP contribution in [0.3, 0.4) is 0 Å². The van der Waals surface area contributed by atoms with Gasteiger partial charge in [-0.15, -0.1) is 0 Å². The molecule has 0 bridgehead atoms. The van der Waals surface area contributed by atoms with Gasteiger partial charge in [-0.1, -0.05) is 196 Å². The number of carbonyl (C=O) groups excluding carboxylic acids is 2. The number of hydrogen-bond donors (Lipinski definition) is 2. The van der Waals surface area contributed by atoms with E-state index < -0.39 is 32.5 Å². The lowest BCUT2D eigenvalue weighted by Crippen LogP contribution is -2.29. The summed E-state index contributed by atoms with van der Waals surface area (Å²) in [7, 11) is -4.40. The summed E-state index contributed by atoms with van der Waals surface area (Å²) in [5.41, 5.74) is 5.35. The van der Waals surface area contributed by atoms with Gasteiger partial charge in [-0.05, 0) is 70.6 Å². The van der Waals surface area contributed by atoms with Crippen molar-refractivity contribution < 1.29 is 37.6 Å². The SMILES string of the molecule is CC/C=C\C/C=C\C/C=C\C/C=C\CCC(=O)OC(COC(=O)CCCCCCCCCCCCCCCCC/C=C\C/C=C\CCCCCCC)COP(=O)(O)OCCN. The molecule has 2 unspecified atom stereocenters. The van der Waals surface area contributed by atoms with Crippen LogP contribution in [0.15, 0.2) is 72.9 Å². The van der Waals surface area contributed by atoms with Crippen molar-refractivity contribution in [1.82, 2.24) is 0 Å². The summed E-state index contributed by atoms with van der Waals surface area (Å²) in [6.45, 7) is 3.52. The zero-order valence-electron chi connectivity index (χ0n) is 38.9. The summed E-state index contributed by atoms with van der Waals surface area (Å²) < 4.78 is 32.7. The van der Waals surface area contributed by atoms with E-state index in [2.05, 4.69) is 74.6 Å². The Morgan fingerprint density at radius 2 is 0.934 bits per heavy atom. The minimum atomic E-state index is -4.40. The van der Waals surface area contributed by atoms with Crippen molar-refractivity contribution in [3.8, 4) is 0 Å². The van der Waals surface area contributed by atoms with E-state index in [-0.39, 0.29) is 32.6 Å². The second-order valence-electron chi connectivity index (χ2n) is 15.9. The molecule has 0 saturated heterocycles. The molecule has 0 fully saturated rings. The molecule has 0 rings (SSSR count). The summed E-state index contributed by atoms with van der Waals surface area (Å²) in [4.78, 5) is 34.9. The fourth-order valence-corrected chi connectivity index (χ4v) is 7.27. The summed E-state index contributed by atoms with van der Waals surface area (Å²) >= 11 is 0. The van der Waals surface area contributed by atoms with Crippen LogP contribution in [0.5, 0.6) is 0 Å². The molecule has 352 valence electrons. The van der Waals surface area contributed by atoms with Crippen molar-refractivity contribution in [3.05, 3.63) is 72.9 Å². The Balaban J connectivity index is 4.01. The molecule has 0 aromatic carbocycles. The van der Waals surface area contributed by atoms with Gasteiger partial charge in [-0.2, -0.15) is 0 Å². The average molecular weight is 876 g/mol. The number of rotatable bonds is 45. The molecule has 10 heteroatoms. The van der Waals surface area contributed by atoms with Crippen molar-refractivity contribution in [1.29, 1.82) is 0 Å². The molecule has 0 aliphatic carbocycles. The number of carbonyl (C=O) groups is 2. The van der Waals surface area contributed by atoms with Gasteiger partial charge in [0.05, 0.1) is 13.2 Å². The number of phosphoric ester groups is 1. The highest BCUT2D eigenvalue weighted by Gasteiger charge is 2.25. The van der Waals surface area contributed by atoms with E-state index in [9.17, 15) is 19.0 Å². The molecule has 0 aromatic rings. The Kier molecular flexibility index (Phi) is 45.0. The molecule has 9 nitrogen and oxygen atoms in total. The zero-order valence-corrected chi connectivity index (χ0v) is 39.8. The highest BCUT2D eigenvalue weighted by Crippen LogP contribution is 2.43. The zero-order chi connectivity index (χ0) is 44.6. The van der Waals surface area contributed by atoms with Gasteiger partial charge in [-0.3, -0.25) is 18.6 Å². The number of allylic oxidation sites excluding steroid dienone is 12. The van der Waals surface area contributed by atoms with Crippen LogP contribution in [0, 0.1) is 0 Å². The van der Waals surface area contributed by atoms with Crippen molar-refractivity contribution in [2.45, 2.75) is 213 Å². The van der Waals surface area contributed by atoms with Gasteiger partial charge in [0.2, 0.25) is 0 Å². The summed E-state index contributed by atoms with van der Waals surface area (Å²) in [6, 6.07) is 0. The van der Waals surface area contributed by atoms with E-state index in [1.54, 1.807) is 0 Å². The lowest BCUT2D eigenvalue weighted by atomic mass is 10.0. The third-order valence-corrected chi connectivity index (χ3v) is 11.1. The Labute approximate surface area is 373 Å². The lowest BCUT2D eigenvalue weighted by molar-refractivity contribution is -0.161. The van der Waals surface area contributed by atoms with Crippen LogP contribution in [0.4, 0.5) is 0 Å². The highest BCUT2D eigenvalue weighted by molar-refractivity contribution is 7.47. The molecule has 2 atom stereocenters. The maximum Gasteiger partial charge on any atom is 0.472 e. The minimum Gasteiger partial charge on any atom is -0.462 e. The fraction of sp³-hybridized carbons (Fsp3) is 0.725. The van der Waals surface area contributed by atoms with E-state index in [1.807, 2.05) is 12.2 Å². The van der Waals surface area contributed by atoms with Crippen LogP contribution in [-0.4, -0.2) is 49.3 Å². The first-order valence-corrected chi connectivity index (χ1v) is 25.9. The maximum absolute atomic E-state index is 12.5. The van der Waals surface area contributed by atoms with Gasteiger partial charge in [0.25, 0.3) is 0 Å². The summed E-state index contributed by atoms with van der Waals surface area (Å²) in [5.74, 6) is -0.924. The lowest BCUT2D eigenvalue weighted by Gasteiger charge is -2.19. The molecule has 0 spiro atoms. The Morgan fingerprint density at radius 3 is 1.41 bits per heavy atom. The van der Waals surface area contributed by atoms with E-state index in [0.717, 1.165) is 51.4 Å². The Bertz CT molecular complexity index is 1230. The van der Waals surface area contributed by atoms with Crippen molar-refractivity contribution >= 4 is 19.8 Å². The molecular weight excluding hydrogens is 786 g/mol. The third-order valence-electron chi connectivity index (χ3n) is 10.1. The van der Waals surface area contributed by atoms with E-state index in [1.165, 1.54) is 122 Å². The molecule has 0 heterocycles. The number of ether oxygens (including phenoxy) is 2. The topological polar surface area (TPSA) is 134 Å². The monoisotopic (exact) mass is 876 g/mol. The number of phosphoric acid groups is 1. The Hall–Kier alpha value is -2.55. The minimum absolute atomic E-state index is 0.0403. The van der Waals surface area contributed by atoms with Crippen molar-refractivity contribution in [3.63, 3.8) is 0 Å². The number of esters is 2. The van der Waals surface area contributed by atoms with Gasteiger partial charge < -0.3 is 20.1 Å². The van der Waals surface area contributed by atoms with Crippen LogP contribution in [0.1, 0.15) is 206 Å². The number of nitrogens with two attached hydrogens (primary N) is 1. The van der Waals surface area contributed by atoms with Crippen LogP contribution >= 0.6 is 7.82 Å². The van der Waals surface area contributed by atoms with Crippen LogP contribution in [0.2, 0.25) is 0 Å². The largest absolute Gasteiger partial charge is 0.472 e. The van der Waals surface area contributed by atoms with Crippen molar-refractivity contribution in [2.24, 2.45) is 5.73 Å². The predicted molar refractivity (Wildman–Crippen MR) is 256 cm³/mol. The predicted octanol–water partition coefficient (Wildman–Crippen LogP) is 14.6. The third kappa shape index (κ3) is 46.8. The molecule has 0 amide bonds. The molecule has 0 aliphatic rings. The second-order valence-corrected chi connectivity index (χ2v) is 17.4. The molecular formula is C51H90NO8P. The van der Waals surface area contributed by atoms with Crippen LogP contribution in [0.25, 0.3) is 0 Å². The highest BCUT2D eigenvalue weighted by atomic mass is 31.2. The quantitative estimate of drug-likeness (QED) is 0.0265. The molecule has 0 radical (unpaired) electrons. The first-order chi connectivity index (χ1) is 29.8. The van der Waals surface area contributed by atoms with E-state index in [0.29, 0.717) is 6.42 Å². The molecule has 61 heavy (non-hydrogen) atoms. The van der Waals surface area contributed by atoms with E-state index >= 15 is 0 Å². The fourth-order valence-electron chi connectivity index (χ4n) is 6.50. The van der Waals surface area contributed by atoms with Gasteiger partial charge in [0.15, 0.2) is 6.10 Å². The molecule has 3 N–H and O–H groups in total. The molecule has 0 saturated carbocycles. The summed E-state index contributed by atoms with van der Waals surface area (Å²) in [6.07, 6.45) is 58.3. The smallest absolute Gasteiger partial charge is 0.462 e. The van der Waals surface area contributed by atoms with Gasteiger partial charge in [0.1, 0.15) is 6.61 Å². The van der Waals surface area contributed by atoms with Crippen LogP contribution < -0.4 is 5.73 Å². The first kappa shape index (κ1) is 58.5. The average Bonchev–Trinajstić information content (AvgIpc) is 3.25. The van der Waals surface area contributed by atoms with E-state index in [4.69, 9.17) is 24.3 Å². The molecule has 0 aliphatic heterocycles. The standard InChI is InChI=1S/C51H90NO8P/c1-3-5-7-9-11-13-15-17-18-19-20-21-22-23-24-25-26-27-28-29-30-32-33-35-37-39-41-43-50(53)57-47-49(48-59-61(55,56)58-46-45-52)60-51(54)44-42-40-38-36-34-31-16-14-12-10-8-6-4-2/h6,8,12,14-15,17,19-20,31,34,38,40,49H,3-5,7,9-11,13,16,18,21-30,32-33,35-37,39,41-48,52H2,1-2H3,(H,55,56)/b8-6-,14-12-,17-15-,20-19-,34-31-,40-38-. The second kappa shape index (κ2) is 46.9. The first-order valence-electron chi connectivity index (χ1n) is 24.4. The molecule has 0 aromatic heterocycles. The van der Waals surface area contributed by atoms with Crippen LogP contribution in [-0.2, 0) is 32.7 Å². The van der Waals surface area contributed by atoms with Gasteiger partial charge in [0, 0.05) is 19.4 Å². The summed E-state index contributed by atoms with van der Waals surface area (Å²) in [5, 5.41) is 0.